The van der Waals surface area contributed by atoms with Gasteiger partial charge in [-0.05, 0) is 11.1 Å². The third kappa shape index (κ3) is 3.03. The molecule has 1 N–H and O–H groups in total. The summed E-state index contributed by atoms with van der Waals surface area (Å²) >= 11 is 0. The summed E-state index contributed by atoms with van der Waals surface area (Å²) in [4.78, 5) is 26.7. The average molecular weight is 324 g/mol. The standard InChI is InChI=1S/C19H20N2O3/c1-24-19(12-15-8-4-2-5-9-15)18(23)20-13-17(22)21(19)14-16-10-6-3-7-11-16/h2-11H,12-14H2,1H3,(H,20,23). The molecule has 2 aromatic rings. The molecule has 2 aromatic carbocycles. The molecule has 1 fully saturated rings. The molecule has 1 aliphatic heterocycles. The van der Waals surface area contributed by atoms with Gasteiger partial charge in [0.05, 0.1) is 6.54 Å². The first-order valence-corrected chi connectivity index (χ1v) is 7.87. The van der Waals surface area contributed by atoms with Crippen molar-refractivity contribution in [2.75, 3.05) is 13.7 Å². The first kappa shape index (κ1) is 16.2. The Kier molecular flexibility index (Phi) is 4.62. The van der Waals surface area contributed by atoms with Gasteiger partial charge in [-0.3, -0.25) is 9.59 Å². The lowest BCUT2D eigenvalue weighted by Crippen LogP contribution is -2.68. The molecular weight excluding hydrogens is 304 g/mol. The van der Waals surface area contributed by atoms with Crippen LogP contribution in [0.5, 0.6) is 0 Å². The average Bonchev–Trinajstić information content (AvgIpc) is 2.63. The van der Waals surface area contributed by atoms with Crippen molar-refractivity contribution in [1.82, 2.24) is 10.2 Å². The van der Waals surface area contributed by atoms with E-state index < -0.39 is 5.72 Å². The highest BCUT2D eigenvalue weighted by atomic mass is 16.5. The molecule has 0 radical (unpaired) electrons. The molecule has 1 aliphatic rings. The monoisotopic (exact) mass is 324 g/mol. The lowest BCUT2D eigenvalue weighted by molar-refractivity contribution is -0.189. The molecule has 0 aromatic heterocycles. The van der Waals surface area contributed by atoms with Crippen LogP contribution < -0.4 is 5.32 Å². The van der Waals surface area contributed by atoms with Gasteiger partial charge >= 0.3 is 0 Å². The maximum atomic E-state index is 12.7. The molecule has 1 heterocycles. The van der Waals surface area contributed by atoms with Crippen LogP contribution in [0.4, 0.5) is 0 Å². The number of piperazine rings is 1. The molecule has 124 valence electrons. The van der Waals surface area contributed by atoms with E-state index in [4.69, 9.17) is 4.74 Å². The lowest BCUT2D eigenvalue weighted by Gasteiger charge is -2.44. The molecule has 5 heteroatoms. The minimum absolute atomic E-state index is 0.00837. The molecule has 1 atom stereocenters. The van der Waals surface area contributed by atoms with E-state index in [-0.39, 0.29) is 18.4 Å². The summed E-state index contributed by atoms with van der Waals surface area (Å²) in [7, 11) is 1.47. The maximum absolute atomic E-state index is 12.7. The van der Waals surface area contributed by atoms with Crippen LogP contribution in [0, 0.1) is 0 Å². The number of benzene rings is 2. The highest BCUT2D eigenvalue weighted by molar-refractivity contribution is 5.97. The number of rotatable bonds is 5. The number of nitrogens with zero attached hydrogens (tertiary/aromatic N) is 1. The Morgan fingerprint density at radius 2 is 1.58 bits per heavy atom. The number of hydrogen-bond donors (Lipinski definition) is 1. The summed E-state index contributed by atoms with van der Waals surface area (Å²) in [5.74, 6) is -0.444. The Labute approximate surface area is 141 Å². The van der Waals surface area contributed by atoms with E-state index in [0.717, 1.165) is 11.1 Å². The number of carbonyl (C=O) groups is 2. The van der Waals surface area contributed by atoms with Crippen LogP contribution in [0.3, 0.4) is 0 Å². The fourth-order valence-electron chi connectivity index (χ4n) is 3.02. The second-order valence-electron chi connectivity index (χ2n) is 5.80. The van der Waals surface area contributed by atoms with Crippen LogP contribution in [0.2, 0.25) is 0 Å². The van der Waals surface area contributed by atoms with Crippen LogP contribution in [0.15, 0.2) is 60.7 Å². The first-order valence-electron chi connectivity index (χ1n) is 7.87. The van der Waals surface area contributed by atoms with E-state index in [1.54, 1.807) is 0 Å². The van der Waals surface area contributed by atoms with E-state index in [1.165, 1.54) is 12.0 Å². The predicted octanol–water partition coefficient (Wildman–Crippen LogP) is 1.73. The summed E-state index contributed by atoms with van der Waals surface area (Å²) in [6.45, 7) is 0.319. The van der Waals surface area contributed by atoms with Crippen molar-refractivity contribution in [3.63, 3.8) is 0 Å². The van der Waals surface area contributed by atoms with Crippen LogP contribution >= 0.6 is 0 Å². The molecule has 1 unspecified atom stereocenters. The Bertz CT molecular complexity index is 718. The van der Waals surface area contributed by atoms with Gasteiger partial charge in [0, 0.05) is 20.1 Å². The van der Waals surface area contributed by atoms with E-state index in [0.29, 0.717) is 13.0 Å². The number of ether oxygens (including phenoxy) is 1. The highest BCUT2D eigenvalue weighted by Crippen LogP contribution is 2.27. The Balaban J connectivity index is 1.97. The molecule has 5 nitrogen and oxygen atoms in total. The third-order valence-corrected chi connectivity index (χ3v) is 4.30. The van der Waals surface area contributed by atoms with Gasteiger partial charge in [-0.25, -0.2) is 0 Å². The van der Waals surface area contributed by atoms with Crippen molar-refractivity contribution < 1.29 is 14.3 Å². The quantitative estimate of drug-likeness (QED) is 0.911. The van der Waals surface area contributed by atoms with Gasteiger partial charge in [0.1, 0.15) is 0 Å². The Morgan fingerprint density at radius 1 is 1.00 bits per heavy atom. The lowest BCUT2D eigenvalue weighted by atomic mass is 9.96. The second kappa shape index (κ2) is 6.84. The predicted molar refractivity (Wildman–Crippen MR) is 89.9 cm³/mol. The van der Waals surface area contributed by atoms with Crippen molar-refractivity contribution >= 4 is 11.8 Å². The SMILES string of the molecule is COC1(Cc2ccccc2)C(=O)NCC(=O)N1Cc1ccccc1. The zero-order valence-electron chi connectivity index (χ0n) is 13.6. The molecule has 2 amide bonds. The molecule has 24 heavy (non-hydrogen) atoms. The van der Waals surface area contributed by atoms with Crippen molar-refractivity contribution in [2.45, 2.75) is 18.7 Å². The normalized spacial score (nSPS) is 20.8. The van der Waals surface area contributed by atoms with Gasteiger partial charge in [0.2, 0.25) is 11.6 Å². The fraction of sp³-hybridized carbons (Fsp3) is 0.263. The molecular formula is C19H20N2O3. The van der Waals surface area contributed by atoms with Gasteiger partial charge in [-0.1, -0.05) is 60.7 Å². The molecule has 1 saturated heterocycles. The maximum Gasteiger partial charge on any atom is 0.274 e. The second-order valence-corrected chi connectivity index (χ2v) is 5.80. The fourth-order valence-corrected chi connectivity index (χ4v) is 3.02. The molecule has 0 aliphatic carbocycles. The van der Waals surface area contributed by atoms with E-state index in [2.05, 4.69) is 5.32 Å². The molecule has 3 rings (SSSR count). The summed E-state index contributed by atoms with van der Waals surface area (Å²) in [5.41, 5.74) is 0.546. The number of hydrogen-bond acceptors (Lipinski definition) is 3. The summed E-state index contributed by atoms with van der Waals surface area (Å²) in [5, 5.41) is 2.65. The van der Waals surface area contributed by atoms with Crippen LogP contribution in [0.25, 0.3) is 0 Å². The van der Waals surface area contributed by atoms with Gasteiger partial charge in [0.25, 0.3) is 5.91 Å². The van der Waals surface area contributed by atoms with Gasteiger partial charge < -0.3 is 15.0 Å². The van der Waals surface area contributed by atoms with Crippen LogP contribution in [-0.2, 0) is 27.3 Å². The topological polar surface area (TPSA) is 58.6 Å². The van der Waals surface area contributed by atoms with Crippen LogP contribution in [0.1, 0.15) is 11.1 Å². The minimum atomic E-state index is -1.34. The minimum Gasteiger partial charge on any atom is -0.350 e. The van der Waals surface area contributed by atoms with Crippen molar-refractivity contribution in [3.05, 3.63) is 71.8 Å². The number of methoxy groups -OCH3 is 1. The van der Waals surface area contributed by atoms with E-state index in [1.807, 2.05) is 60.7 Å². The zero-order chi connectivity index (χ0) is 17.0. The van der Waals surface area contributed by atoms with Gasteiger partial charge in [-0.2, -0.15) is 0 Å². The van der Waals surface area contributed by atoms with Crippen molar-refractivity contribution in [3.8, 4) is 0 Å². The largest absolute Gasteiger partial charge is 0.350 e. The number of amides is 2. The summed E-state index contributed by atoms with van der Waals surface area (Å²) in [6.07, 6.45) is 0.300. The van der Waals surface area contributed by atoms with Gasteiger partial charge in [-0.15, -0.1) is 0 Å². The van der Waals surface area contributed by atoms with Crippen molar-refractivity contribution in [1.29, 1.82) is 0 Å². The molecule has 0 spiro atoms. The van der Waals surface area contributed by atoms with Crippen LogP contribution in [-0.4, -0.2) is 36.1 Å². The highest BCUT2D eigenvalue weighted by Gasteiger charge is 2.50. The summed E-state index contributed by atoms with van der Waals surface area (Å²) < 4.78 is 5.64. The van der Waals surface area contributed by atoms with Crippen molar-refractivity contribution in [2.24, 2.45) is 0 Å². The van der Waals surface area contributed by atoms with E-state index >= 15 is 0 Å². The van der Waals surface area contributed by atoms with E-state index in [9.17, 15) is 9.59 Å². The van der Waals surface area contributed by atoms with Gasteiger partial charge in [0.15, 0.2) is 0 Å². The first-order chi connectivity index (χ1) is 11.7. The number of nitrogens with one attached hydrogen (secondary N) is 1. The zero-order valence-corrected chi connectivity index (χ0v) is 13.6. The summed E-state index contributed by atoms with van der Waals surface area (Å²) in [6, 6.07) is 19.2. The number of carbonyl (C=O) groups excluding carboxylic acids is 2. The molecule has 0 saturated carbocycles. The Hall–Kier alpha value is -2.66. The molecule has 0 bridgehead atoms. The third-order valence-electron chi connectivity index (χ3n) is 4.30. The Morgan fingerprint density at radius 3 is 2.17 bits per heavy atom. The smallest absolute Gasteiger partial charge is 0.274 e.